The molecule has 7 nitrogen and oxygen atoms in total. The molecule has 0 unspecified atom stereocenters. The highest BCUT2D eigenvalue weighted by Crippen LogP contribution is 2.22. The third kappa shape index (κ3) is 4.88. The molecule has 0 N–H and O–H groups in total. The van der Waals surface area contributed by atoms with Crippen LogP contribution in [0.15, 0.2) is 53.9 Å². The largest absolute Gasteiger partial charge is 0.275 e. The number of hydrogen-bond donors (Lipinski definition) is 0. The monoisotopic (exact) mass is 401 g/mol. The van der Waals surface area contributed by atoms with E-state index in [1.165, 1.54) is 4.31 Å². The van der Waals surface area contributed by atoms with Gasteiger partial charge in [0.1, 0.15) is 0 Å². The van der Waals surface area contributed by atoms with Crippen molar-refractivity contribution in [1.82, 2.24) is 23.9 Å². The van der Waals surface area contributed by atoms with E-state index in [-0.39, 0.29) is 13.1 Å². The molecule has 0 spiro atoms. The van der Waals surface area contributed by atoms with Crippen LogP contribution in [0.4, 0.5) is 0 Å². The summed E-state index contributed by atoms with van der Waals surface area (Å²) in [5.74, 6) is 0.523. The molecule has 0 fully saturated rings. The van der Waals surface area contributed by atoms with E-state index < -0.39 is 10.0 Å². The Kier molecular flexibility index (Phi) is 6.00. The lowest BCUT2D eigenvalue weighted by molar-refractivity contribution is 0.401. The molecule has 8 heteroatoms. The Morgan fingerprint density at radius 2 is 1.39 bits per heavy atom. The van der Waals surface area contributed by atoms with Gasteiger partial charge < -0.3 is 0 Å². The van der Waals surface area contributed by atoms with E-state index >= 15 is 0 Å². The minimum Gasteiger partial charge on any atom is -0.275 e. The molecule has 3 aromatic rings. The fourth-order valence-electron chi connectivity index (χ4n) is 3.16. The maximum Gasteiger partial charge on any atom is 0.243 e. The van der Waals surface area contributed by atoms with Crippen LogP contribution in [0.5, 0.6) is 0 Å². The molecule has 2 heterocycles. The number of hydrogen-bond acceptors (Lipinski definition) is 4. The zero-order valence-corrected chi connectivity index (χ0v) is 17.6. The third-order valence-electron chi connectivity index (χ3n) is 4.44. The minimum atomic E-state index is -3.66. The molecule has 3 rings (SSSR count). The van der Waals surface area contributed by atoms with Crippen LogP contribution in [0.2, 0.25) is 0 Å². The summed E-state index contributed by atoms with van der Waals surface area (Å²) in [4.78, 5) is 0.299. The van der Waals surface area contributed by atoms with E-state index in [2.05, 4.69) is 24.0 Å². The first-order valence-corrected chi connectivity index (χ1v) is 10.7. The van der Waals surface area contributed by atoms with Gasteiger partial charge >= 0.3 is 0 Å². The van der Waals surface area contributed by atoms with Crippen LogP contribution in [-0.4, -0.2) is 32.3 Å². The molecule has 28 heavy (non-hydrogen) atoms. The van der Waals surface area contributed by atoms with Crippen LogP contribution in [0, 0.1) is 5.92 Å². The van der Waals surface area contributed by atoms with Gasteiger partial charge in [0.05, 0.1) is 17.3 Å². The van der Waals surface area contributed by atoms with Gasteiger partial charge in [-0.2, -0.15) is 14.5 Å². The summed E-state index contributed by atoms with van der Waals surface area (Å²) < 4.78 is 31.5. The lowest BCUT2D eigenvalue weighted by Gasteiger charge is -2.21. The fraction of sp³-hybridized carbons (Fsp3) is 0.400. The molecule has 0 radical (unpaired) electrons. The first-order chi connectivity index (χ1) is 13.2. The smallest absolute Gasteiger partial charge is 0.243 e. The van der Waals surface area contributed by atoms with Crippen molar-refractivity contribution in [3.8, 4) is 0 Å². The van der Waals surface area contributed by atoms with Crippen LogP contribution < -0.4 is 0 Å². The Hall–Kier alpha value is -2.45. The summed E-state index contributed by atoms with van der Waals surface area (Å²) in [6, 6.07) is 7.21. The molecule has 0 saturated heterocycles. The number of sulfonamides is 1. The lowest BCUT2D eigenvalue weighted by atomic mass is 10.0. The molecular weight excluding hydrogens is 374 g/mol. The van der Waals surface area contributed by atoms with Crippen molar-refractivity contribution in [2.75, 3.05) is 0 Å². The molecule has 2 aromatic heterocycles. The van der Waals surface area contributed by atoms with Crippen molar-refractivity contribution in [2.24, 2.45) is 20.0 Å². The Morgan fingerprint density at radius 1 is 0.893 bits per heavy atom. The zero-order valence-electron chi connectivity index (χ0n) is 16.8. The van der Waals surface area contributed by atoms with Gasteiger partial charge in [0.2, 0.25) is 10.0 Å². The molecule has 0 saturated carbocycles. The summed E-state index contributed by atoms with van der Waals surface area (Å²) in [6.07, 6.45) is 7.97. The second-order valence-corrected chi connectivity index (χ2v) is 9.50. The molecule has 0 atom stereocenters. The SMILES string of the molecule is CC(C)Cc1ccc(S(=O)(=O)N(Cc2cnn(C)c2)Cc2cnn(C)c2)cc1. The van der Waals surface area contributed by atoms with E-state index in [0.717, 1.165) is 23.1 Å². The van der Waals surface area contributed by atoms with Crippen molar-refractivity contribution in [3.05, 3.63) is 65.7 Å². The highest BCUT2D eigenvalue weighted by Gasteiger charge is 2.26. The average molecular weight is 402 g/mol. The summed E-state index contributed by atoms with van der Waals surface area (Å²) in [5, 5.41) is 8.31. The van der Waals surface area contributed by atoms with Crippen molar-refractivity contribution < 1.29 is 8.42 Å². The van der Waals surface area contributed by atoms with Crippen LogP contribution >= 0.6 is 0 Å². The molecule has 1 aromatic carbocycles. The van der Waals surface area contributed by atoms with E-state index in [1.807, 2.05) is 38.6 Å². The Labute approximate surface area is 166 Å². The maximum atomic E-state index is 13.4. The predicted molar refractivity (Wildman–Crippen MR) is 108 cm³/mol. The van der Waals surface area contributed by atoms with Crippen LogP contribution in [0.25, 0.3) is 0 Å². The van der Waals surface area contributed by atoms with Gasteiger partial charge in [0.15, 0.2) is 0 Å². The summed E-state index contributed by atoms with van der Waals surface area (Å²) in [7, 11) is -0.0322. The van der Waals surface area contributed by atoms with Crippen molar-refractivity contribution >= 4 is 10.0 Å². The van der Waals surface area contributed by atoms with Gasteiger partial charge in [-0.05, 0) is 30.0 Å². The van der Waals surface area contributed by atoms with Gasteiger partial charge in [-0.3, -0.25) is 9.36 Å². The molecule has 0 amide bonds. The molecule has 150 valence electrons. The van der Waals surface area contributed by atoms with Crippen LogP contribution in [-0.2, 0) is 43.6 Å². The Bertz CT molecular complexity index is 977. The standard InChI is InChI=1S/C20H27N5O2S/c1-16(2)9-17-5-7-20(8-6-17)28(26,27)25(14-18-10-21-23(3)12-18)15-19-11-22-24(4)13-19/h5-8,10-13,16H,9,14-15H2,1-4H3. The molecule has 0 aliphatic rings. The quantitative estimate of drug-likeness (QED) is 0.582. The summed E-state index contributed by atoms with van der Waals surface area (Å²) >= 11 is 0. The van der Waals surface area contributed by atoms with Gasteiger partial charge in [0, 0.05) is 50.7 Å². The first-order valence-electron chi connectivity index (χ1n) is 9.28. The van der Waals surface area contributed by atoms with E-state index in [9.17, 15) is 8.42 Å². The van der Waals surface area contributed by atoms with Gasteiger partial charge in [0.25, 0.3) is 0 Å². The number of nitrogens with zero attached hydrogens (tertiary/aromatic N) is 5. The number of aryl methyl sites for hydroxylation is 2. The van der Waals surface area contributed by atoms with Crippen molar-refractivity contribution in [1.29, 1.82) is 0 Å². The first kappa shape index (κ1) is 20.3. The number of aromatic nitrogens is 4. The normalized spacial score (nSPS) is 12.2. The van der Waals surface area contributed by atoms with Gasteiger partial charge in [-0.1, -0.05) is 26.0 Å². The van der Waals surface area contributed by atoms with E-state index in [1.54, 1.807) is 33.9 Å². The minimum absolute atomic E-state index is 0.249. The molecule has 0 aliphatic heterocycles. The van der Waals surface area contributed by atoms with Gasteiger partial charge in [-0.25, -0.2) is 8.42 Å². The van der Waals surface area contributed by atoms with Crippen LogP contribution in [0.1, 0.15) is 30.5 Å². The second kappa shape index (κ2) is 8.28. The van der Waals surface area contributed by atoms with Crippen molar-refractivity contribution in [3.63, 3.8) is 0 Å². The third-order valence-corrected chi connectivity index (χ3v) is 6.25. The summed E-state index contributed by atoms with van der Waals surface area (Å²) in [5.41, 5.74) is 2.82. The maximum absolute atomic E-state index is 13.4. The number of rotatable bonds is 8. The Morgan fingerprint density at radius 3 is 1.79 bits per heavy atom. The predicted octanol–water partition coefficient (Wildman–Crippen LogP) is 2.74. The Balaban J connectivity index is 1.90. The number of benzene rings is 1. The lowest BCUT2D eigenvalue weighted by Crippen LogP contribution is -2.30. The van der Waals surface area contributed by atoms with Crippen molar-refractivity contribution in [2.45, 2.75) is 38.3 Å². The topological polar surface area (TPSA) is 73.0 Å². The molecular formula is C20H27N5O2S. The zero-order chi connectivity index (χ0) is 20.3. The average Bonchev–Trinajstić information content (AvgIpc) is 3.22. The second-order valence-electron chi connectivity index (χ2n) is 7.56. The fourth-order valence-corrected chi connectivity index (χ4v) is 4.57. The van der Waals surface area contributed by atoms with E-state index in [4.69, 9.17) is 0 Å². The van der Waals surface area contributed by atoms with E-state index in [0.29, 0.717) is 10.8 Å². The molecule has 0 aliphatic carbocycles. The highest BCUT2D eigenvalue weighted by atomic mass is 32.2. The van der Waals surface area contributed by atoms with Gasteiger partial charge in [-0.15, -0.1) is 0 Å². The highest BCUT2D eigenvalue weighted by molar-refractivity contribution is 7.89. The van der Waals surface area contributed by atoms with Crippen LogP contribution in [0.3, 0.4) is 0 Å². The summed E-state index contributed by atoms with van der Waals surface area (Å²) in [6.45, 7) is 4.79. The molecule has 0 bridgehead atoms.